The summed E-state index contributed by atoms with van der Waals surface area (Å²) >= 11 is 0. The first-order valence-corrected chi connectivity index (χ1v) is 3.16. The number of allylic oxidation sites excluding steroid dienone is 2. The highest BCUT2D eigenvalue weighted by Crippen LogP contribution is 2.15. The van der Waals surface area contributed by atoms with E-state index in [2.05, 4.69) is 10.3 Å². The van der Waals surface area contributed by atoms with Gasteiger partial charge in [0.05, 0.1) is 6.20 Å². The standard InChI is InChI=1S/C6H7F3N2O/c7-6(8,9)5-12-11-4-2-1-3-10-11/h1-4,10H,5H2. The summed E-state index contributed by atoms with van der Waals surface area (Å²) in [5, 5.41) is 0.882. The van der Waals surface area contributed by atoms with Gasteiger partial charge >= 0.3 is 6.18 Å². The molecule has 1 aliphatic rings. The lowest BCUT2D eigenvalue weighted by molar-refractivity contribution is -0.247. The predicted octanol–water partition coefficient (Wildman–Crippen LogP) is 1.33. The van der Waals surface area contributed by atoms with Gasteiger partial charge in [-0.3, -0.25) is 5.43 Å². The van der Waals surface area contributed by atoms with Gasteiger partial charge in [0, 0.05) is 6.20 Å². The van der Waals surface area contributed by atoms with E-state index >= 15 is 0 Å². The molecule has 0 radical (unpaired) electrons. The zero-order chi connectivity index (χ0) is 9.03. The van der Waals surface area contributed by atoms with Crippen LogP contribution in [0.5, 0.6) is 0 Å². The van der Waals surface area contributed by atoms with Gasteiger partial charge in [0.15, 0.2) is 6.61 Å². The molecule has 0 bridgehead atoms. The number of hydrogen-bond donors (Lipinski definition) is 1. The van der Waals surface area contributed by atoms with E-state index < -0.39 is 12.8 Å². The number of hydroxylamine groups is 1. The minimum atomic E-state index is -4.31. The van der Waals surface area contributed by atoms with Gasteiger partial charge in [-0.05, 0) is 12.2 Å². The summed E-state index contributed by atoms with van der Waals surface area (Å²) in [4.78, 5) is 4.31. The summed E-state index contributed by atoms with van der Waals surface area (Å²) in [5.74, 6) is 0. The maximum absolute atomic E-state index is 11.6. The Hall–Kier alpha value is -1.17. The van der Waals surface area contributed by atoms with Gasteiger partial charge in [-0.25, -0.2) is 4.84 Å². The Bertz CT molecular complexity index is 199. The predicted molar refractivity (Wildman–Crippen MR) is 35.3 cm³/mol. The number of rotatable bonds is 2. The van der Waals surface area contributed by atoms with E-state index in [1.54, 1.807) is 12.2 Å². The zero-order valence-electron chi connectivity index (χ0n) is 6.01. The van der Waals surface area contributed by atoms with Gasteiger partial charge < -0.3 is 0 Å². The molecule has 0 aromatic heterocycles. The average molecular weight is 180 g/mol. The molecule has 0 aliphatic carbocycles. The number of hydrazine groups is 1. The van der Waals surface area contributed by atoms with Crippen molar-refractivity contribution in [1.82, 2.24) is 10.6 Å². The van der Waals surface area contributed by atoms with Crippen molar-refractivity contribution in [3.8, 4) is 0 Å². The molecule has 0 fully saturated rings. The Morgan fingerprint density at radius 1 is 1.33 bits per heavy atom. The maximum Gasteiger partial charge on any atom is 0.414 e. The lowest BCUT2D eigenvalue weighted by Gasteiger charge is -2.21. The molecule has 0 amide bonds. The Balaban J connectivity index is 2.24. The van der Waals surface area contributed by atoms with Crippen LogP contribution in [0.15, 0.2) is 24.6 Å². The van der Waals surface area contributed by atoms with Crippen LogP contribution in [0.1, 0.15) is 0 Å². The van der Waals surface area contributed by atoms with Crippen molar-refractivity contribution in [3.63, 3.8) is 0 Å². The second-order valence-corrected chi connectivity index (χ2v) is 2.04. The van der Waals surface area contributed by atoms with Gasteiger partial charge in [0.25, 0.3) is 0 Å². The quantitative estimate of drug-likeness (QED) is 0.693. The molecule has 1 N–H and O–H groups in total. The first kappa shape index (κ1) is 8.92. The molecule has 0 atom stereocenters. The third-order valence-electron chi connectivity index (χ3n) is 0.998. The van der Waals surface area contributed by atoms with Crippen LogP contribution in [0.3, 0.4) is 0 Å². The van der Waals surface area contributed by atoms with Crippen molar-refractivity contribution in [2.75, 3.05) is 6.61 Å². The first-order chi connectivity index (χ1) is 5.58. The van der Waals surface area contributed by atoms with Crippen LogP contribution >= 0.6 is 0 Å². The Labute approximate surface area is 67.0 Å². The Kier molecular flexibility index (Phi) is 2.59. The molecule has 1 heterocycles. The summed E-state index contributed by atoms with van der Waals surface area (Å²) in [6.07, 6.45) is 1.67. The molecule has 1 rings (SSSR count). The molecule has 3 nitrogen and oxygen atoms in total. The average Bonchev–Trinajstić information content (AvgIpc) is 2.02. The van der Waals surface area contributed by atoms with Crippen LogP contribution < -0.4 is 5.43 Å². The van der Waals surface area contributed by atoms with Crippen molar-refractivity contribution in [3.05, 3.63) is 24.6 Å². The van der Waals surface area contributed by atoms with E-state index in [-0.39, 0.29) is 0 Å². The van der Waals surface area contributed by atoms with Gasteiger partial charge in [-0.1, -0.05) is 0 Å². The Morgan fingerprint density at radius 3 is 2.58 bits per heavy atom. The summed E-state index contributed by atoms with van der Waals surface area (Å²) in [7, 11) is 0. The van der Waals surface area contributed by atoms with Gasteiger partial charge in [-0.2, -0.15) is 18.3 Å². The number of halogens is 3. The van der Waals surface area contributed by atoms with Crippen LogP contribution in [0.4, 0.5) is 13.2 Å². The second kappa shape index (κ2) is 3.48. The minimum absolute atomic E-state index is 0.882. The largest absolute Gasteiger partial charge is 0.414 e. The second-order valence-electron chi connectivity index (χ2n) is 2.04. The number of nitrogens with zero attached hydrogens (tertiary/aromatic N) is 1. The smallest absolute Gasteiger partial charge is 0.282 e. The molecular formula is C6H7F3N2O. The monoisotopic (exact) mass is 180 g/mol. The number of nitrogens with one attached hydrogen (secondary N) is 1. The maximum atomic E-state index is 11.6. The highest BCUT2D eigenvalue weighted by atomic mass is 19.4. The van der Waals surface area contributed by atoms with Crippen LogP contribution in [0.2, 0.25) is 0 Å². The van der Waals surface area contributed by atoms with E-state index in [1.807, 2.05) is 0 Å². The highest BCUT2D eigenvalue weighted by Gasteiger charge is 2.28. The van der Waals surface area contributed by atoms with Crippen molar-refractivity contribution < 1.29 is 18.0 Å². The van der Waals surface area contributed by atoms with Crippen molar-refractivity contribution in [1.29, 1.82) is 0 Å². The van der Waals surface area contributed by atoms with Crippen LogP contribution in [-0.2, 0) is 4.84 Å². The van der Waals surface area contributed by atoms with Gasteiger partial charge in [-0.15, -0.1) is 0 Å². The van der Waals surface area contributed by atoms with Crippen molar-refractivity contribution in [2.45, 2.75) is 6.18 Å². The molecule has 0 saturated carbocycles. The minimum Gasteiger partial charge on any atom is -0.282 e. The lowest BCUT2D eigenvalue weighted by Crippen LogP contribution is -2.34. The molecule has 0 spiro atoms. The summed E-state index contributed by atoms with van der Waals surface area (Å²) in [6, 6.07) is 0. The van der Waals surface area contributed by atoms with E-state index in [0.717, 1.165) is 5.17 Å². The fourth-order valence-electron chi connectivity index (χ4n) is 0.566. The third kappa shape index (κ3) is 3.29. The normalized spacial score (nSPS) is 16.4. The SMILES string of the molecule is FC(F)(F)CON1C=CC=CN1. The Morgan fingerprint density at radius 2 is 2.08 bits per heavy atom. The van der Waals surface area contributed by atoms with Crippen LogP contribution in [0, 0.1) is 0 Å². The molecular weight excluding hydrogens is 173 g/mol. The lowest BCUT2D eigenvalue weighted by atomic mass is 10.5. The van der Waals surface area contributed by atoms with E-state index in [0.29, 0.717) is 0 Å². The summed E-state index contributed by atoms with van der Waals surface area (Å²) in [6.45, 7) is -1.31. The van der Waals surface area contributed by atoms with Crippen molar-refractivity contribution in [2.24, 2.45) is 0 Å². The molecule has 6 heteroatoms. The molecule has 12 heavy (non-hydrogen) atoms. The fourth-order valence-corrected chi connectivity index (χ4v) is 0.566. The van der Waals surface area contributed by atoms with E-state index in [4.69, 9.17) is 0 Å². The zero-order valence-corrected chi connectivity index (χ0v) is 6.01. The van der Waals surface area contributed by atoms with Crippen LogP contribution in [-0.4, -0.2) is 18.0 Å². The highest BCUT2D eigenvalue weighted by molar-refractivity contribution is 5.03. The molecule has 1 aliphatic heterocycles. The number of hydrogen-bond acceptors (Lipinski definition) is 3. The third-order valence-corrected chi connectivity index (χ3v) is 0.998. The van der Waals surface area contributed by atoms with E-state index in [9.17, 15) is 13.2 Å². The van der Waals surface area contributed by atoms with E-state index in [1.165, 1.54) is 12.4 Å². The van der Waals surface area contributed by atoms with Gasteiger partial charge in [0.1, 0.15) is 0 Å². The molecule has 0 aromatic rings. The fraction of sp³-hybridized carbons (Fsp3) is 0.333. The first-order valence-electron chi connectivity index (χ1n) is 3.16. The molecule has 0 unspecified atom stereocenters. The molecule has 0 saturated heterocycles. The summed E-state index contributed by atoms with van der Waals surface area (Å²) in [5.41, 5.74) is 2.44. The topological polar surface area (TPSA) is 24.5 Å². The van der Waals surface area contributed by atoms with Gasteiger partial charge in [0.2, 0.25) is 0 Å². The van der Waals surface area contributed by atoms with Crippen LogP contribution in [0.25, 0.3) is 0 Å². The molecule has 68 valence electrons. The number of alkyl halides is 3. The van der Waals surface area contributed by atoms with Crippen molar-refractivity contribution >= 4 is 0 Å². The molecule has 0 aromatic carbocycles. The summed E-state index contributed by atoms with van der Waals surface area (Å²) < 4.78 is 34.8.